The molecule has 1 aromatic rings. The lowest BCUT2D eigenvalue weighted by molar-refractivity contribution is -0.383. The first-order valence-corrected chi connectivity index (χ1v) is 10.7. The van der Waals surface area contributed by atoms with Crippen LogP contribution in [-0.2, 0) is 19.1 Å². The number of likely N-dealkylation sites (tertiary alicyclic amines) is 1. The Bertz CT molecular complexity index is 829. The molecule has 1 aliphatic heterocycles. The molecule has 10 heteroatoms. The first-order valence-electron chi connectivity index (χ1n) is 10.7. The van der Waals surface area contributed by atoms with E-state index in [1.165, 1.54) is 19.9 Å². The van der Waals surface area contributed by atoms with Crippen LogP contribution in [0.15, 0.2) is 30.4 Å². The number of piperidine rings is 1. The number of nitrogens with one attached hydrogen (secondary N) is 1. The molecule has 10 nitrogen and oxygen atoms in total. The summed E-state index contributed by atoms with van der Waals surface area (Å²) in [6.07, 6.45) is 6.88. The highest BCUT2D eigenvalue weighted by Crippen LogP contribution is 2.26. The zero-order chi connectivity index (χ0) is 23.5. The van der Waals surface area contributed by atoms with E-state index in [0.717, 1.165) is 25.9 Å². The van der Waals surface area contributed by atoms with Crippen molar-refractivity contribution in [1.29, 1.82) is 0 Å². The summed E-state index contributed by atoms with van der Waals surface area (Å²) < 4.78 is 10.5. The lowest BCUT2D eigenvalue weighted by Gasteiger charge is -2.38. The summed E-state index contributed by atoms with van der Waals surface area (Å²) in [6.45, 7) is 5.18. The number of hydrogen-bond donors (Lipinski definition) is 2. The van der Waals surface area contributed by atoms with Gasteiger partial charge in [0, 0.05) is 57.7 Å². The van der Waals surface area contributed by atoms with Gasteiger partial charge in [-0.15, -0.1) is 0 Å². The quantitative estimate of drug-likeness (QED) is 0.131. The van der Waals surface area contributed by atoms with Crippen LogP contribution in [0.3, 0.4) is 0 Å². The van der Waals surface area contributed by atoms with Gasteiger partial charge in [0.15, 0.2) is 0 Å². The van der Waals surface area contributed by atoms with Gasteiger partial charge in [-0.2, -0.15) is 0 Å². The molecule has 1 heterocycles. The van der Waals surface area contributed by atoms with Crippen molar-refractivity contribution in [2.75, 3.05) is 37.3 Å². The summed E-state index contributed by atoms with van der Waals surface area (Å²) >= 11 is 0. The van der Waals surface area contributed by atoms with E-state index >= 15 is 0 Å². The number of nitro benzene ring substituents is 1. The fraction of sp³-hybridized carbons (Fsp3) is 0.545. The first kappa shape index (κ1) is 25.1. The highest BCUT2D eigenvalue weighted by Gasteiger charge is 2.30. The number of nitrogen functional groups attached to an aromatic ring is 1. The average Bonchev–Trinajstić information content (AvgIpc) is 2.72. The van der Waals surface area contributed by atoms with Crippen LogP contribution in [0.4, 0.5) is 17.1 Å². The number of ether oxygens (including phenoxy) is 2. The Labute approximate surface area is 187 Å². The third-order valence-corrected chi connectivity index (χ3v) is 5.20. The molecule has 3 N–H and O–H groups in total. The zero-order valence-electron chi connectivity index (χ0n) is 18.6. The molecule has 0 amide bonds. The minimum atomic E-state index is -0.453. The molecule has 2 rings (SSSR count). The van der Waals surface area contributed by atoms with Crippen LogP contribution in [0.2, 0.25) is 0 Å². The Morgan fingerprint density at radius 1 is 1.28 bits per heavy atom. The third kappa shape index (κ3) is 8.54. The van der Waals surface area contributed by atoms with Crippen LogP contribution in [0.5, 0.6) is 0 Å². The van der Waals surface area contributed by atoms with E-state index in [1.807, 2.05) is 6.08 Å². The van der Waals surface area contributed by atoms with Crippen molar-refractivity contribution in [2.45, 2.75) is 51.7 Å². The largest absolute Gasteiger partial charge is 0.464 e. The fourth-order valence-electron chi connectivity index (χ4n) is 3.70. The Hall–Kier alpha value is -3.14. The molecule has 0 spiro atoms. The molecule has 0 aromatic heterocycles. The summed E-state index contributed by atoms with van der Waals surface area (Å²) in [7, 11) is 0. The lowest BCUT2D eigenvalue weighted by Crippen LogP contribution is -2.48. The minimum absolute atomic E-state index is 0.0122. The van der Waals surface area contributed by atoms with Crippen LogP contribution < -0.4 is 11.1 Å². The highest BCUT2D eigenvalue weighted by atomic mass is 16.6. The number of rotatable bonds is 11. The maximum Gasteiger partial charge on any atom is 0.302 e. The Morgan fingerprint density at radius 2 is 2.03 bits per heavy atom. The Kier molecular flexibility index (Phi) is 9.93. The number of benzene rings is 1. The normalized spacial score (nSPS) is 18.9. The second-order valence-corrected chi connectivity index (χ2v) is 7.76. The van der Waals surface area contributed by atoms with E-state index in [0.29, 0.717) is 30.8 Å². The topological polar surface area (TPSA) is 137 Å². The molecule has 2 unspecified atom stereocenters. The van der Waals surface area contributed by atoms with Crippen molar-refractivity contribution in [3.8, 4) is 0 Å². The minimum Gasteiger partial charge on any atom is -0.464 e. The maximum absolute atomic E-state index is 11.2. The highest BCUT2D eigenvalue weighted by molar-refractivity contribution is 5.67. The SMILES string of the molecule is CC(=O)OCC1CC(OC(C)=O)CCN1CC/C=C/CCNc1ccc(N)cc1[N+](=O)[O-]. The van der Waals surface area contributed by atoms with Crippen LogP contribution in [0.1, 0.15) is 39.5 Å². The van der Waals surface area contributed by atoms with Crippen LogP contribution in [0.25, 0.3) is 0 Å². The van der Waals surface area contributed by atoms with Crippen LogP contribution in [-0.4, -0.2) is 60.1 Å². The molecule has 1 aliphatic rings. The molecule has 0 radical (unpaired) electrons. The number of nitro groups is 1. The standard InChI is InChI=1S/C22H32N4O6/c1-16(27)31-15-19-14-20(32-17(2)28)9-12-25(19)11-6-4-3-5-10-24-21-8-7-18(23)13-22(21)26(29)30/h3-4,7-8,13,19-20,24H,5-6,9-12,14-15,23H2,1-2H3/b4-3+. The fourth-order valence-corrected chi connectivity index (χ4v) is 3.70. The number of nitrogens with zero attached hydrogens (tertiary/aromatic N) is 2. The number of nitrogens with two attached hydrogens (primary N) is 1. The molecule has 1 aromatic carbocycles. The summed E-state index contributed by atoms with van der Waals surface area (Å²) in [5.41, 5.74) is 6.38. The van der Waals surface area contributed by atoms with E-state index < -0.39 is 4.92 Å². The number of carbonyl (C=O) groups excluding carboxylic acids is 2. The van der Waals surface area contributed by atoms with Crippen molar-refractivity contribution in [3.05, 3.63) is 40.5 Å². The molecule has 0 saturated carbocycles. The number of esters is 2. The third-order valence-electron chi connectivity index (χ3n) is 5.20. The average molecular weight is 449 g/mol. The lowest BCUT2D eigenvalue weighted by atomic mass is 9.99. The van der Waals surface area contributed by atoms with E-state index in [9.17, 15) is 19.7 Å². The number of hydrogen-bond acceptors (Lipinski definition) is 9. The monoisotopic (exact) mass is 448 g/mol. The summed E-state index contributed by atoms with van der Waals surface area (Å²) in [5, 5.41) is 14.2. The molecule has 1 fully saturated rings. The van der Waals surface area contributed by atoms with Gasteiger partial charge in [0.1, 0.15) is 18.4 Å². The smallest absolute Gasteiger partial charge is 0.302 e. The van der Waals surface area contributed by atoms with E-state index in [1.54, 1.807) is 12.1 Å². The van der Waals surface area contributed by atoms with Gasteiger partial charge in [-0.1, -0.05) is 12.2 Å². The van der Waals surface area contributed by atoms with Gasteiger partial charge < -0.3 is 20.5 Å². The molecule has 2 atom stereocenters. The first-order chi connectivity index (χ1) is 15.3. The van der Waals surface area contributed by atoms with Gasteiger partial charge >= 0.3 is 11.9 Å². The van der Waals surface area contributed by atoms with Crippen molar-refractivity contribution >= 4 is 29.0 Å². The van der Waals surface area contributed by atoms with Crippen LogP contribution in [0, 0.1) is 10.1 Å². The maximum atomic E-state index is 11.2. The van der Waals surface area contributed by atoms with E-state index in [4.69, 9.17) is 15.2 Å². The van der Waals surface area contributed by atoms with Gasteiger partial charge in [0.25, 0.3) is 5.69 Å². The van der Waals surface area contributed by atoms with Crippen molar-refractivity contribution < 1.29 is 24.0 Å². The second-order valence-electron chi connectivity index (χ2n) is 7.76. The van der Waals surface area contributed by atoms with Crippen LogP contribution >= 0.6 is 0 Å². The predicted octanol–water partition coefficient (Wildman–Crippen LogP) is 2.88. The predicted molar refractivity (Wildman–Crippen MR) is 121 cm³/mol. The van der Waals surface area contributed by atoms with Gasteiger partial charge in [0.2, 0.25) is 0 Å². The Balaban J connectivity index is 1.76. The number of carbonyl (C=O) groups is 2. The molecule has 32 heavy (non-hydrogen) atoms. The number of anilines is 2. The second kappa shape index (κ2) is 12.7. The van der Waals surface area contributed by atoms with Gasteiger partial charge in [0.05, 0.1) is 4.92 Å². The zero-order valence-corrected chi connectivity index (χ0v) is 18.6. The summed E-state index contributed by atoms with van der Waals surface area (Å²) in [5.74, 6) is -0.621. The molecule has 176 valence electrons. The summed E-state index contributed by atoms with van der Waals surface area (Å²) in [4.78, 5) is 35.4. The van der Waals surface area contributed by atoms with Gasteiger partial charge in [-0.3, -0.25) is 24.6 Å². The summed E-state index contributed by atoms with van der Waals surface area (Å²) in [6, 6.07) is 4.59. The van der Waals surface area contributed by atoms with Crippen molar-refractivity contribution in [2.24, 2.45) is 0 Å². The van der Waals surface area contributed by atoms with Crippen molar-refractivity contribution in [3.63, 3.8) is 0 Å². The van der Waals surface area contributed by atoms with Crippen molar-refractivity contribution in [1.82, 2.24) is 4.90 Å². The Morgan fingerprint density at radius 3 is 2.72 bits per heavy atom. The van der Waals surface area contributed by atoms with E-state index in [-0.39, 0.29) is 36.4 Å². The van der Waals surface area contributed by atoms with E-state index in [2.05, 4.69) is 16.3 Å². The molecular formula is C22H32N4O6. The molecule has 0 aliphatic carbocycles. The molecule has 0 bridgehead atoms. The van der Waals surface area contributed by atoms with Gasteiger partial charge in [-0.25, -0.2) is 0 Å². The van der Waals surface area contributed by atoms with Gasteiger partial charge in [-0.05, 0) is 31.4 Å². The molecular weight excluding hydrogens is 416 g/mol. The molecule has 1 saturated heterocycles.